The van der Waals surface area contributed by atoms with Crippen LogP contribution in [0.5, 0.6) is 0 Å². The average Bonchev–Trinajstić information content (AvgIpc) is 2.55. The Labute approximate surface area is 168 Å². The standard InChI is InChI=1S/C18H32N4O2.HI/c1-18(2)15(13-7-5-9-24-16(13)18)21-17(20-3)22-8-4-6-12(11-22)10-14(19)23;/h12-13,15-16H,4-11H2,1-3H3,(H2,19,23)(H,20,21);1H. The number of carbonyl (C=O) groups is 1. The number of ether oxygens (including phenoxy) is 1. The van der Waals surface area contributed by atoms with Crippen LogP contribution >= 0.6 is 24.0 Å². The number of rotatable bonds is 3. The Morgan fingerprint density at radius 1 is 1.36 bits per heavy atom. The Bertz CT molecular complexity index is 511. The van der Waals surface area contributed by atoms with Crippen LogP contribution in [0.1, 0.15) is 46.0 Å². The van der Waals surface area contributed by atoms with E-state index in [0.29, 0.717) is 30.4 Å². The number of hydrogen-bond acceptors (Lipinski definition) is 3. The number of primary amides is 1. The smallest absolute Gasteiger partial charge is 0.217 e. The summed E-state index contributed by atoms with van der Waals surface area (Å²) in [4.78, 5) is 18.1. The van der Waals surface area contributed by atoms with Gasteiger partial charge in [-0.25, -0.2) is 0 Å². The van der Waals surface area contributed by atoms with Gasteiger partial charge in [-0.2, -0.15) is 0 Å². The van der Waals surface area contributed by atoms with Crippen LogP contribution < -0.4 is 11.1 Å². The lowest BCUT2D eigenvalue weighted by Crippen LogP contribution is -2.71. The van der Waals surface area contributed by atoms with Crippen LogP contribution in [-0.4, -0.2) is 55.7 Å². The summed E-state index contributed by atoms with van der Waals surface area (Å²) in [6, 6.07) is 0.401. The molecule has 4 atom stereocenters. The molecule has 1 amide bonds. The van der Waals surface area contributed by atoms with Crippen molar-refractivity contribution in [1.82, 2.24) is 10.2 Å². The molecule has 144 valence electrons. The molecule has 3 aliphatic rings. The lowest BCUT2D eigenvalue weighted by molar-refractivity contribution is -0.188. The fourth-order valence-electron chi connectivity index (χ4n) is 4.96. The molecule has 0 aromatic heterocycles. The zero-order valence-corrected chi connectivity index (χ0v) is 18.0. The van der Waals surface area contributed by atoms with Gasteiger partial charge in [0.1, 0.15) is 0 Å². The first-order chi connectivity index (χ1) is 11.4. The monoisotopic (exact) mass is 464 g/mol. The summed E-state index contributed by atoms with van der Waals surface area (Å²) in [6.45, 7) is 7.33. The van der Waals surface area contributed by atoms with Crippen molar-refractivity contribution in [2.75, 3.05) is 26.7 Å². The lowest BCUT2D eigenvalue weighted by Gasteiger charge is -2.60. The third-order valence-corrected chi connectivity index (χ3v) is 6.14. The van der Waals surface area contributed by atoms with Crippen molar-refractivity contribution in [3.8, 4) is 0 Å². The maximum absolute atomic E-state index is 11.2. The molecule has 7 heteroatoms. The van der Waals surface area contributed by atoms with Crippen LogP contribution in [0.4, 0.5) is 0 Å². The maximum Gasteiger partial charge on any atom is 0.217 e. The van der Waals surface area contributed by atoms with Gasteiger partial charge in [-0.1, -0.05) is 13.8 Å². The molecule has 2 aliphatic heterocycles. The minimum atomic E-state index is -0.202. The van der Waals surface area contributed by atoms with E-state index >= 15 is 0 Å². The van der Waals surface area contributed by atoms with E-state index in [-0.39, 0.29) is 35.3 Å². The summed E-state index contributed by atoms with van der Waals surface area (Å²) in [7, 11) is 1.85. The largest absolute Gasteiger partial charge is 0.377 e. The van der Waals surface area contributed by atoms with Gasteiger partial charge in [-0.15, -0.1) is 24.0 Å². The van der Waals surface area contributed by atoms with E-state index in [1.807, 2.05) is 7.05 Å². The van der Waals surface area contributed by atoms with Crippen LogP contribution in [0.15, 0.2) is 4.99 Å². The second-order valence-electron chi connectivity index (χ2n) is 8.21. The number of nitrogens with one attached hydrogen (secondary N) is 1. The Kier molecular flexibility index (Phi) is 6.98. The molecule has 0 bridgehead atoms. The minimum Gasteiger partial charge on any atom is -0.377 e. The van der Waals surface area contributed by atoms with E-state index in [2.05, 4.69) is 29.1 Å². The van der Waals surface area contributed by atoms with Crippen LogP contribution in [-0.2, 0) is 9.53 Å². The van der Waals surface area contributed by atoms with Crippen molar-refractivity contribution in [2.45, 2.75) is 58.1 Å². The van der Waals surface area contributed by atoms with Gasteiger partial charge >= 0.3 is 0 Å². The number of fused-ring (bicyclic) bond motifs is 1. The summed E-state index contributed by atoms with van der Waals surface area (Å²) in [5.41, 5.74) is 5.51. The Morgan fingerprint density at radius 2 is 2.12 bits per heavy atom. The van der Waals surface area contributed by atoms with E-state index in [0.717, 1.165) is 44.9 Å². The summed E-state index contributed by atoms with van der Waals surface area (Å²) in [6.07, 6.45) is 5.38. The molecule has 2 heterocycles. The number of halogens is 1. The van der Waals surface area contributed by atoms with Gasteiger partial charge in [-0.05, 0) is 31.6 Å². The fraction of sp³-hybridized carbons (Fsp3) is 0.889. The molecule has 0 aromatic rings. The molecule has 1 aliphatic carbocycles. The molecule has 25 heavy (non-hydrogen) atoms. The molecule has 3 rings (SSSR count). The lowest BCUT2D eigenvalue weighted by atomic mass is 9.55. The number of aliphatic imine (C=N–C) groups is 1. The topological polar surface area (TPSA) is 80.0 Å². The summed E-state index contributed by atoms with van der Waals surface area (Å²) < 4.78 is 6.00. The first kappa shape index (κ1) is 20.7. The van der Waals surface area contributed by atoms with E-state index in [4.69, 9.17) is 10.5 Å². The van der Waals surface area contributed by atoms with Crippen LogP contribution in [0.3, 0.4) is 0 Å². The van der Waals surface area contributed by atoms with Crippen molar-refractivity contribution in [3.63, 3.8) is 0 Å². The number of piperidine rings is 1. The number of nitrogens with two attached hydrogens (primary N) is 1. The highest BCUT2D eigenvalue weighted by molar-refractivity contribution is 14.0. The molecule has 1 saturated carbocycles. The van der Waals surface area contributed by atoms with Gasteiger partial charge in [0.2, 0.25) is 5.91 Å². The Balaban J connectivity index is 0.00000225. The zero-order chi connectivity index (χ0) is 17.3. The van der Waals surface area contributed by atoms with Gasteiger partial charge in [0, 0.05) is 50.5 Å². The molecule has 4 unspecified atom stereocenters. The number of amides is 1. The average molecular weight is 464 g/mol. The van der Waals surface area contributed by atoms with Gasteiger partial charge in [0.25, 0.3) is 0 Å². The number of hydrogen-bond donors (Lipinski definition) is 2. The first-order valence-corrected chi connectivity index (χ1v) is 9.31. The third-order valence-electron chi connectivity index (χ3n) is 6.14. The molecule has 0 radical (unpaired) electrons. The quantitative estimate of drug-likeness (QED) is 0.380. The molecule has 3 N–H and O–H groups in total. The van der Waals surface area contributed by atoms with Crippen LogP contribution in [0.25, 0.3) is 0 Å². The fourth-order valence-corrected chi connectivity index (χ4v) is 4.96. The number of guanidine groups is 1. The third kappa shape index (κ3) is 4.23. The second-order valence-corrected chi connectivity index (χ2v) is 8.21. The normalized spacial score (nSPS) is 34.4. The molecule has 2 saturated heterocycles. The maximum atomic E-state index is 11.2. The second kappa shape index (κ2) is 8.41. The molecule has 0 spiro atoms. The van der Waals surface area contributed by atoms with E-state index < -0.39 is 0 Å². The first-order valence-electron chi connectivity index (χ1n) is 9.31. The Morgan fingerprint density at radius 3 is 2.80 bits per heavy atom. The van der Waals surface area contributed by atoms with Crippen molar-refractivity contribution in [1.29, 1.82) is 0 Å². The SMILES string of the molecule is CN=C(NC1C2CCCOC2C1(C)C)N1CCCC(CC(N)=O)C1.I. The zero-order valence-electron chi connectivity index (χ0n) is 15.7. The predicted octanol–water partition coefficient (Wildman–Crippen LogP) is 1.97. The van der Waals surface area contributed by atoms with E-state index in [1.54, 1.807) is 0 Å². The predicted molar refractivity (Wildman–Crippen MR) is 110 cm³/mol. The van der Waals surface area contributed by atoms with Gasteiger partial charge in [0.05, 0.1) is 6.10 Å². The molecule has 3 fully saturated rings. The van der Waals surface area contributed by atoms with Gasteiger partial charge in [0.15, 0.2) is 5.96 Å². The highest BCUT2D eigenvalue weighted by Crippen LogP contribution is 2.51. The van der Waals surface area contributed by atoms with Crippen LogP contribution in [0, 0.1) is 17.3 Å². The minimum absolute atomic E-state index is 0. The van der Waals surface area contributed by atoms with Gasteiger partial charge in [-0.3, -0.25) is 9.79 Å². The number of carbonyl (C=O) groups excluding carboxylic acids is 1. The molecular formula is C18H33IN4O2. The number of likely N-dealkylation sites (tertiary alicyclic amines) is 1. The van der Waals surface area contributed by atoms with Crippen LogP contribution in [0.2, 0.25) is 0 Å². The summed E-state index contributed by atoms with van der Waals surface area (Å²) >= 11 is 0. The number of nitrogens with zero attached hydrogens (tertiary/aromatic N) is 2. The van der Waals surface area contributed by atoms with E-state index in [1.165, 1.54) is 6.42 Å². The van der Waals surface area contributed by atoms with Crippen molar-refractivity contribution in [3.05, 3.63) is 0 Å². The van der Waals surface area contributed by atoms with Crippen molar-refractivity contribution >= 4 is 35.8 Å². The molecule has 6 nitrogen and oxygen atoms in total. The summed E-state index contributed by atoms with van der Waals surface area (Å²) in [5, 5.41) is 3.72. The molecular weight excluding hydrogens is 431 g/mol. The van der Waals surface area contributed by atoms with Gasteiger partial charge < -0.3 is 20.7 Å². The van der Waals surface area contributed by atoms with E-state index in [9.17, 15) is 4.79 Å². The highest BCUT2D eigenvalue weighted by Gasteiger charge is 2.58. The van der Waals surface area contributed by atoms with Crippen molar-refractivity contribution < 1.29 is 9.53 Å². The summed E-state index contributed by atoms with van der Waals surface area (Å²) in [5.74, 6) is 1.69. The molecule has 0 aromatic carbocycles. The Hall–Kier alpha value is -0.570. The van der Waals surface area contributed by atoms with Crippen molar-refractivity contribution in [2.24, 2.45) is 28.0 Å². The highest BCUT2D eigenvalue weighted by atomic mass is 127.